The third kappa shape index (κ3) is 8.71. The predicted octanol–water partition coefficient (Wildman–Crippen LogP) is 4.23. The third-order valence-corrected chi connectivity index (χ3v) is 7.37. The van der Waals surface area contributed by atoms with Gasteiger partial charge in [-0.25, -0.2) is 8.42 Å². The maximum absolute atomic E-state index is 13.3. The van der Waals surface area contributed by atoms with E-state index in [9.17, 15) is 18.0 Å². The summed E-state index contributed by atoms with van der Waals surface area (Å²) in [6.07, 6.45) is 2.25. The van der Waals surface area contributed by atoms with Crippen LogP contribution in [-0.2, 0) is 26.2 Å². The highest BCUT2D eigenvalue weighted by atomic mass is 35.5. The minimum absolute atomic E-state index is 0.0172. The number of hydrogen-bond acceptors (Lipinski definition) is 5. The summed E-state index contributed by atoms with van der Waals surface area (Å²) < 4.78 is 31.3. The summed E-state index contributed by atoms with van der Waals surface area (Å²) in [5.74, 6) is 0.178. The Hall–Kier alpha value is -2.78. The molecule has 0 aliphatic heterocycles. The molecular weight excluding hydrogens is 502 g/mol. The van der Waals surface area contributed by atoms with Crippen LogP contribution < -0.4 is 14.4 Å². The lowest BCUT2D eigenvalue weighted by Gasteiger charge is -2.30. The van der Waals surface area contributed by atoms with Gasteiger partial charge in [0.1, 0.15) is 11.8 Å². The molecule has 0 fully saturated rings. The summed E-state index contributed by atoms with van der Waals surface area (Å²) in [5.41, 5.74) is 1.30. The molecule has 0 unspecified atom stereocenters. The van der Waals surface area contributed by atoms with Crippen molar-refractivity contribution in [3.63, 3.8) is 0 Å². The number of hydrogen-bond donors (Lipinski definition) is 1. The van der Waals surface area contributed by atoms with E-state index in [0.717, 1.165) is 18.2 Å². The van der Waals surface area contributed by atoms with Gasteiger partial charge in [0.15, 0.2) is 0 Å². The topological polar surface area (TPSA) is 96.0 Å². The number of sulfonamides is 1. The summed E-state index contributed by atoms with van der Waals surface area (Å²) in [7, 11) is -2.00. The van der Waals surface area contributed by atoms with E-state index < -0.39 is 16.1 Å². The molecule has 0 aliphatic rings. The van der Waals surface area contributed by atoms with Crippen molar-refractivity contribution >= 4 is 39.1 Å². The molecule has 2 atom stereocenters. The number of halogens is 1. The number of carbonyl (C=O) groups excluding carboxylic acids is 2. The smallest absolute Gasteiger partial charge is 0.242 e. The molecule has 2 aromatic carbocycles. The van der Waals surface area contributed by atoms with Crippen molar-refractivity contribution < 1.29 is 22.7 Å². The zero-order chi connectivity index (χ0) is 26.9. The largest absolute Gasteiger partial charge is 0.497 e. The van der Waals surface area contributed by atoms with Crippen LogP contribution in [0.3, 0.4) is 0 Å². The monoisotopic (exact) mass is 537 g/mol. The molecule has 0 heterocycles. The Kier molecular flexibility index (Phi) is 11.0. The Morgan fingerprint density at radius 1 is 1.11 bits per heavy atom. The highest BCUT2D eigenvalue weighted by molar-refractivity contribution is 7.92. The fourth-order valence-corrected chi connectivity index (χ4v) is 4.72. The molecule has 0 spiro atoms. The van der Waals surface area contributed by atoms with Gasteiger partial charge in [-0.05, 0) is 68.7 Å². The van der Waals surface area contributed by atoms with Gasteiger partial charge in [-0.2, -0.15) is 0 Å². The number of ether oxygens (including phenoxy) is 1. The molecule has 0 saturated heterocycles. The van der Waals surface area contributed by atoms with E-state index in [1.54, 1.807) is 38.3 Å². The summed E-state index contributed by atoms with van der Waals surface area (Å²) >= 11 is 5.93. The summed E-state index contributed by atoms with van der Waals surface area (Å²) in [6.45, 7) is 5.93. The molecule has 2 aromatic rings. The highest BCUT2D eigenvalue weighted by Gasteiger charge is 2.27. The number of methoxy groups -OCH3 is 1. The van der Waals surface area contributed by atoms with E-state index in [2.05, 4.69) is 5.32 Å². The van der Waals surface area contributed by atoms with E-state index >= 15 is 0 Å². The van der Waals surface area contributed by atoms with Crippen molar-refractivity contribution in [2.45, 2.75) is 58.7 Å². The van der Waals surface area contributed by atoms with Crippen LogP contribution in [0.2, 0.25) is 5.02 Å². The normalized spacial score (nSPS) is 12.9. The van der Waals surface area contributed by atoms with Crippen molar-refractivity contribution in [2.75, 3.05) is 24.2 Å². The van der Waals surface area contributed by atoms with Crippen LogP contribution in [0, 0.1) is 0 Å². The van der Waals surface area contributed by atoms with E-state index in [-0.39, 0.29) is 43.8 Å². The lowest BCUT2D eigenvalue weighted by molar-refractivity contribution is -0.140. The molecular formula is C26H36ClN3O5S. The van der Waals surface area contributed by atoms with Crippen molar-refractivity contribution in [1.82, 2.24) is 10.2 Å². The fraction of sp³-hybridized carbons (Fsp3) is 0.462. The van der Waals surface area contributed by atoms with Crippen LogP contribution in [0.15, 0.2) is 48.5 Å². The average Bonchev–Trinajstić information content (AvgIpc) is 2.84. The van der Waals surface area contributed by atoms with Crippen molar-refractivity contribution in [3.05, 3.63) is 59.1 Å². The Morgan fingerprint density at radius 2 is 1.78 bits per heavy atom. The van der Waals surface area contributed by atoms with Gasteiger partial charge in [0.25, 0.3) is 0 Å². The van der Waals surface area contributed by atoms with Crippen LogP contribution in [0.1, 0.15) is 45.6 Å². The summed E-state index contributed by atoms with van der Waals surface area (Å²) in [6, 6.07) is 13.1. The quantitative estimate of drug-likeness (QED) is 0.412. The number of nitrogens with zero attached hydrogens (tertiary/aromatic N) is 2. The Balaban J connectivity index is 2.18. The third-order valence-electron chi connectivity index (χ3n) is 5.92. The Morgan fingerprint density at radius 3 is 2.36 bits per heavy atom. The van der Waals surface area contributed by atoms with Crippen LogP contribution in [0.25, 0.3) is 0 Å². The highest BCUT2D eigenvalue weighted by Crippen LogP contribution is 2.22. The van der Waals surface area contributed by atoms with Crippen molar-refractivity contribution in [1.29, 1.82) is 0 Å². The molecule has 10 heteroatoms. The first-order valence-electron chi connectivity index (χ1n) is 11.9. The number of carbonyl (C=O) groups is 2. The van der Waals surface area contributed by atoms with Crippen LogP contribution in [-0.4, -0.2) is 57.1 Å². The van der Waals surface area contributed by atoms with Crippen LogP contribution in [0.5, 0.6) is 5.75 Å². The molecule has 198 valence electrons. The fourth-order valence-electron chi connectivity index (χ4n) is 3.63. The zero-order valence-electron chi connectivity index (χ0n) is 21.5. The van der Waals surface area contributed by atoms with E-state index in [1.807, 2.05) is 38.1 Å². The van der Waals surface area contributed by atoms with E-state index in [4.69, 9.17) is 16.3 Å². The van der Waals surface area contributed by atoms with E-state index in [1.165, 1.54) is 9.21 Å². The van der Waals surface area contributed by atoms with Gasteiger partial charge < -0.3 is 15.0 Å². The van der Waals surface area contributed by atoms with Gasteiger partial charge in [-0.15, -0.1) is 0 Å². The first-order valence-corrected chi connectivity index (χ1v) is 14.1. The molecule has 0 aliphatic carbocycles. The molecule has 0 radical (unpaired) electrons. The van der Waals surface area contributed by atoms with Crippen LogP contribution in [0.4, 0.5) is 5.69 Å². The first-order chi connectivity index (χ1) is 17.0. The summed E-state index contributed by atoms with van der Waals surface area (Å²) in [4.78, 5) is 27.7. The second kappa shape index (κ2) is 13.5. The first kappa shape index (κ1) is 29.5. The number of anilines is 1. The second-order valence-corrected chi connectivity index (χ2v) is 11.1. The van der Waals surface area contributed by atoms with Gasteiger partial charge in [-0.3, -0.25) is 13.9 Å². The lowest BCUT2D eigenvalue weighted by atomic mass is 10.1. The molecule has 2 amide bonds. The lowest BCUT2D eigenvalue weighted by Crippen LogP contribution is -2.49. The molecule has 0 aromatic heterocycles. The van der Waals surface area contributed by atoms with E-state index in [0.29, 0.717) is 16.5 Å². The van der Waals surface area contributed by atoms with Gasteiger partial charge in [0.05, 0.1) is 19.1 Å². The molecule has 1 N–H and O–H groups in total. The summed E-state index contributed by atoms with van der Waals surface area (Å²) in [5, 5.41) is 3.44. The molecule has 8 nitrogen and oxygen atoms in total. The van der Waals surface area contributed by atoms with Gasteiger partial charge in [0.2, 0.25) is 21.8 Å². The second-order valence-electron chi connectivity index (χ2n) is 8.78. The minimum Gasteiger partial charge on any atom is -0.497 e. The van der Waals surface area contributed by atoms with Crippen molar-refractivity contribution in [2.24, 2.45) is 0 Å². The average molecular weight is 538 g/mol. The maximum Gasteiger partial charge on any atom is 0.242 e. The SMILES string of the molecule is CC[C@H](C)NC(=O)[C@@H](C)N(Cc1cccc(OC)c1)C(=O)CCCN(c1ccc(Cl)cc1)S(C)(=O)=O. The van der Waals surface area contributed by atoms with Gasteiger partial charge in [0, 0.05) is 30.6 Å². The van der Waals surface area contributed by atoms with Crippen molar-refractivity contribution in [3.8, 4) is 5.75 Å². The minimum atomic E-state index is -3.56. The maximum atomic E-state index is 13.3. The number of benzene rings is 2. The number of nitrogens with one attached hydrogen (secondary N) is 1. The number of amides is 2. The van der Waals surface area contributed by atoms with Gasteiger partial charge in [-0.1, -0.05) is 30.7 Å². The molecule has 0 saturated carbocycles. The Bertz CT molecular complexity index is 1120. The number of rotatable bonds is 13. The zero-order valence-corrected chi connectivity index (χ0v) is 23.1. The predicted molar refractivity (Wildman–Crippen MR) is 144 cm³/mol. The molecule has 0 bridgehead atoms. The molecule has 36 heavy (non-hydrogen) atoms. The Labute approximate surface area is 219 Å². The van der Waals surface area contributed by atoms with Gasteiger partial charge >= 0.3 is 0 Å². The standard InChI is InChI=1S/C26H36ClN3O5S/c1-6-19(2)28-26(32)20(3)29(18-21-9-7-10-24(17-21)35-4)25(31)11-8-16-30(36(5,33)34)23-14-12-22(27)13-15-23/h7,9-10,12-15,17,19-20H,6,8,11,16,18H2,1-5H3,(H,28,32)/t19-,20+/m0/s1. The molecule has 2 rings (SSSR count). The van der Waals surface area contributed by atoms with Crippen LogP contribution >= 0.6 is 11.6 Å².